The Morgan fingerprint density at radius 2 is 0.480 bits per heavy atom. The Morgan fingerprint density at radius 3 is 0.676 bits per heavy atom. The van der Waals surface area contributed by atoms with Gasteiger partial charge in [-0.3, -0.25) is 0 Å². The lowest BCUT2D eigenvalue weighted by molar-refractivity contribution is -0.0385. The normalized spacial score (nSPS) is 11.3. The van der Waals surface area contributed by atoms with Gasteiger partial charge < -0.3 is 42.6 Å². The van der Waals surface area contributed by atoms with Crippen LogP contribution in [0.5, 0.6) is 17.2 Å². The van der Waals surface area contributed by atoms with Gasteiger partial charge in [-0.25, -0.2) is 15.0 Å². The van der Waals surface area contributed by atoms with Crippen LogP contribution in [0.3, 0.4) is 0 Å². The SMILES string of the molecule is CCCCCCCCOc1cc2c#cc3cc(C(C)(C)C)cc(c#cc4cc(OCCCCCCCC)cc(c#cc5cc(C(C)(C)C)cc(c#cc6cc(OCCCCCCCC)cc(c#cc7cc(C(C)(C)C)cc(c#cc(c1)n2)c7COCOC)n6)c5COCOC)n4)c3COCOC. The Kier molecular flexibility index (Phi) is 33.5. The summed E-state index contributed by atoms with van der Waals surface area (Å²) >= 11 is 0. The number of aromatic nitrogens is 3. The highest BCUT2D eigenvalue weighted by molar-refractivity contribution is 5.78. The van der Waals surface area contributed by atoms with Gasteiger partial charge in [0.1, 0.15) is 70.7 Å². The quantitative estimate of drug-likeness (QED) is 0.0274. The summed E-state index contributed by atoms with van der Waals surface area (Å²) in [6.07, 6.45) is 20.3. The van der Waals surface area contributed by atoms with E-state index in [1.807, 2.05) is 36.4 Å². The van der Waals surface area contributed by atoms with Gasteiger partial charge in [0.25, 0.3) is 0 Å². The van der Waals surface area contributed by atoms with Gasteiger partial charge in [-0.05, 0) is 125 Å². The molecule has 4 heterocycles. The summed E-state index contributed by atoms with van der Waals surface area (Å²) in [4.78, 5) is 15.4. The van der Waals surface area contributed by atoms with Crippen LogP contribution in [0.25, 0.3) is 65.4 Å². The molecule has 0 saturated heterocycles. The molecule has 7 aromatic rings. The molecule has 540 valence electrons. The van der Waals surface area contributed by atoms with E-state index in [2.05, 4.69) is 192 Å². The fourth-order valence-electron chi connectivity index (χ4n) is 11.3. The first-order valence-corrected chi connectivity index (χ1v) is 37.0. The van der Waals surface area contributed by atoms with Gasteiger partial charge in [0.05, 0.1) is 39.6 Å². The Labute approximate surface area is 612 Å². The lowest BCUT2D eigenvalue weighted by Crippen LogP contribution is -2.11. The zero-order valence-electron chi connectivity index (χ0n) is 64.0. The maximum atomic E-state index is 6.57. The molecule has 0 N–H and O–H groups in total. The Balaban J connectivity index is 1.65. The van der Waals surface area contributed by atoms with E-state index < -0.39 is 0 Å². The molecular weight excluding hydrogens is 1270 g/mol. The van der Waals surface area contributed by atoms with Crippen molar-refractivity contribution in [1.29, 1.82) is 0 Å². The van der Waals surface area contributed by atoms with E-state index in [1.54, 1.807) is 21.3 Å². The number of rotatable bonds is 36. The lowest BCUT2D eigenvalue weighted by atomic mass is 9.85. The molecule has 0 atom stereocenters. The molecule has 0 saturated carbocycles. The highest BCUT2D eigenvalue weighted by Crippen LogP contribution is 2.32. The molecule has 12 bridgehead atoms. The monoisotopic (exact) mass is 1380 g/mol. The van der Waals surface area contributed by atoms with Crippen molar-refractivity contribution in [2.24, 2.45) is 0 Å². The second kappa shape index (κ2) is 42.3. The van der Waals surface area contributed by atoms with Gasteiger partial charge in [0, 0.05) is 107 Å². The van der Waals surface area contributed by atoms with E-state index in [9.17, 15) is 0 Å². The summed E-state index contributed by atoms with van der Waals surface area (Å²) in [6, 6.07) is 66.2. The second-order valence-electron chi connectivity index (χ2n) is 29.2. The van der Waals surface area contributed by atoms with Gasteiger partial charge in [-0.1, -0.05) is 216 Å². The first kappa shape index (κ1) is 80.9. The molecule has 0 amide bonds. The van der Waals surface area contributed by atoms with Crippen molar-refractivity contribution in [2.75, 3.05) is 61.5 Å². The minimum atomic E-state index is -0.300. The fourth-order valence-corrected chi connectivity index (χ4v) is 11.3. The summed E-state index contributed by atoms with van der Waals surface area (Å²) in [5.74, 6) is 1.87. The van der Waals surface area contributed by atoms with Gasteiger partial charge >= 0.3 is 0 Å². The first-order chi connectivity index (χ1) is 49.2. The van der Waals surface area contributed by atoms with Gasteiger partial charge in [-0.2, -0.15) is 0 Å². The maximum Gasteiger partial charge on any atom is 0.146 e. The van der Waals surface area contributed by atoms with Crippen LogP contribution in [-0.4, -0.2) is 76.5 Å². The first-order valence-electron chi connectivity index (χ1n) is 37.0. The summed E-state index contributed by atoms with van der Waals surface area (Å²) in [5.41, 5.74) is 7.45. The minimum absolute atomic E-state index is 0.0597. The number of ether oxygens (including phenoxy) is 9. The van der Waals surface area contributed by atoms with E-state index in [4.69, 9.17) is 57.6 Å². The largest absolute Gasteiger partial charge is 0.493 e. The number of pyridine rings is 3. The zero-order chi connectivity index (χ0) is 73.2. The number of fused-ring (bicyclic) bond motifs is 12. The van der Waals surface area contributed by atoms with Crippen LogP contribution in [0.15, 0.2) is 72.8 Å². The molecule has 0 radical (unpaired) electrons. The molecule has 12 heteroatoms. The maximum absolute atomic E-state index is 6.57. The molecule has 0 aliphatic heterocycles. The average molecular weight is 1380 g/mol. The van der Waals surface area contributed by atoms with Crippen LogP contribution in [0, 0.1) is 72.8 Å². The van der Waals surface area contributed by atoms with E-state index in [0.717, 1.165) is 123 Å². The zero-order valence-corrected chi connectivity index (χ0v) is 64.0. The number of methoxy groups -OCH3 is 3. The van der Waals surface area contributed by atoms with E-state index >= 15 is 0 Å². The molecule has 0 aliphatic rings. The molecule has 0 fully saturated rings. The molecule has 3 aromatic carbocycles. The van der Waals surface area contributed by atoms with Gasteiger partial charge in [0.2, 0.25) is 0 Å². The highest BCUT2D eigenvalue weighted by atomic mass is 16.7. The van der Waals surface area contributed by atoms with Crippen molar-refractivity contribution >= 4 is 65.4 Å². The molecule has 0 aliphatic carbocycles. The van der Waals surface area contributed by atoms with Crippen LogP contribution in [-0.2, 0) is 64.5 Å². The molecule has 0 spiro atoms. The molecule has 12 nitrogen and oxygen atoms in total. The topological polar surface area (TPSA) is 122 Å². The summed E-state index contributed by atoms with van der Waals surface area (Å²) in [5, 5.41) is 4.36. The van der Waals surface area contributed by atoms with E-state index in [0.29, 0.717) is 70.2 Å². The third-order valence-electron chi connectivity index (χ3n) is 17.3. The van der Waals surface area contributed by atoms with Crippen molar-refractivity contribution in [2.45, 2.75) is 235 Å². The van der Waals surface area contributed by atoms with Crippen molar-refractivity contribution in [3.8, 4) is 17.2 Å². The minimum Gasteiger partial charge on any atom is -0.493 e. The van der Waals surface area contributed by atoms with E-state index in [1.165, 1.54) is 57.8 Å². The van der Waals surface area contributed by atoms with Crippen LogP contribution < -0.4 is 14.2 Å². The van der Waals surface area contributed by atoms with Crippen LogP contribution in [0.4, 0.5) is 0 Å². The summed E-state index contributed by atoms with van der Waals surface area (Å²) < 4.78 is 54.6. The number of hydrogen-bond donors (Lipinski definition) is 0. The third kappa shape index (κ3) is 27.4. The molecular formula is C90H111N3O9. The Hall–Kier alpha value is -8.37. The molecule has 102 heavy (non-hydrogen) atoms. The molecule has 7 rings (SSSR count). The van der Waals surface area contributed by atoms with Gasteiger partial charge in [-0.15, -0.1) is 0 Å². The number of unbranched alkanes of at least 4 members (excludes halogenated alkanes) is 15. The van der Waals surface area contributed by atoms with Crippen molar-refractivity contribution in [1.82, 2.24) is 15.0 Å². The molecule has 4 aromatic heterocycles. The van der Waals surface area contributed by atoms with E-state index in [-0.39, 0.29) is 56.4 Å². The summed E-state index contributed by atoms with van der Waals surface area (Å²) in [6.45, 7) is 28.6. The Bertz CT molecular complexity index is 3490. The second-order valence-corrected chi connectivity index (χ2v) is 29.2. The predicted octanol–water partition coefficient (Wildman–Crippen LogP) is 21.9. The Morgan fingerprint density at radius 1 is 0.275 bits per heavy atom. The van der Waals surface area contributed by atoms with Crippen LogP contribution in [0.2, 0.25) is 0 Å². The standard InChI is InChI=1S/C90H111N3O9/c1-16-19-22-25-28-31-46-100-82-55-76-40-34-67-49-73(88(4,5)6)51-69(85(67)61-97-64-94-13)36-42-78-57-83(101-47-32-29-26-23-20-17-2)59-80(92-78)44-38-71-53-75(90(10,11)12)54-72(87(71)63-99-66-96-15)39-45-81-60-84(102-48-33-30-27-24-21-18-3)58-79(93-81)43-37-70-52-74(89(7,8)9)50-68(35-41-77(56-82)91-76)86(70)62-98-65-95-14/h49-60H,16-33,46-48,61-66H2,1-15H3. The fraction of sp³-hybridized carbons (Fsp3) is 0.500. The predicted molar refractivity (Wildman–Crippen MR) is 413 cm³/mol. The number of nitrogens with zero attached hydrogens (tertiary/aromatic N) is 3. The van der Waals surface area contributed by atoms with Crippen molar-refractivity contribution in [3.63, 3.8) is 0 Å². The summed E-state index contributed by atoms with van der Waals surface area (Å²) in [7, 11) is 4.83. The van der Waals surface area contributed by atoms with Crippen LogP contribution in [0.1, 0.15) is 232 Å². The van der Waals surface area contributed by atoms with Crippen LogP contribution >= 0.6 is 0 Å². The highest BCUT2D eigenvalue weighted by Gasteiger charge is 2.19. The smallest absolute Gasteiger partial charge is 0.146 e. The van der Waals surface area contributed by atoms with Gasteiger partial charge in [0.15, 0.2) is 0 Å². The lowest BCUT2D eigenvalue weighted by Gasteiger charge is -2.20. The number of hydrogen-bond acceptors (Lipinski definition) is 12. The molecule has 0 unspecified atom stereocenters. The number of benzene rings is 3. The van der Waals surface area contributed by atoms with Crippen molar-refractivity contribution < 1.29 is 42.6 Å². The van der Waals surface area contributed by atoms with Crippen molar-refractivity contribution in [3.05, 3.63) is 179 Å². The average Bonchev–Trinajstić information content (AvgIpc) is 0.807. The third-order valence-corrected chi connectivity index (χ3v) is 17.3.